The Morgan fingerprint density at radius 3 is 2.21 bits per heavy atom. The minimum absolute atomic E-state index is 0.0184. The topological polar surface area (TPSA) is 72.7 Å². The van der Waals surface area contributed by atoms with Gasteiger partial charge in [0.15, 0.2) is 19.7 Å². The van der Waals surface area contributed by atoms with E-state index in [-0.39, 0.29) is 5.91 Å². The van der Waals surface area contributed by atoms with Crippen LogP contribution in [-0.2, 0) is 4.79 Å². The summed E-state index contributed by atoms with van der Waals surface area (Å²) < 4.78 is 2.16. The average molecular weight is 404 g/mol. The van der Waals surface area contributed by atoms with Crippen LogP contribution in [0, 0.1) is 6.92 Å². The molecule has 6 nitrogen and oxygen atoms in total. The lowest BCUT2D eigenvalue weighted by Gasteiger charge is -2.18. The lowest BCUT2D eigenvalue weighted by molar-refractivity contribution is -0.116. The van der Waals surface area contributed by atoms with Crippen molar-refractivity contribution >= 4 is 31.1 Å². The van der Waals surface area contributed by atoms with Gasteiger partial charge in [0.1, 0.15) is 11.3 Å². The molecule has 2 aromatic heterocycles. The maximum atomic E-state index is 12.4. The molecule has 0 saturated carbocycles. The van der Waals surface area contributed by atoms with Gasteiger partial charge < -0.3 is 9.55 Å². The molecule has 0 bridgehead atoms. The van der Waals surface area contributed by atoms with Crippen LogP contribution < -0.4 is 5.32 Å². The Hall–Kier alpha value is -1.76. The second kappa shape index (κ2) is 10.7. The van der Waals surface area contributed by atoms with Crippen molar-refractivity contribution in [1.82, 2.24) is 19.2 Å². The molecule has 156 valence electrons. The van der Waals surface area contributed by atoms with E-state index < -0.39 is 8.24 Å². The Balaban J connectivity index is 1.82. The smallest absolute Gasteiger partial charge is 0.225 e. The molecule has 0 unspecified atom stereocenters. The van der Waals surface area contributed by atoms with Crippen molar-refractivity contribution < 1.29 is 4.79 Å². The minimum Gasteiger partial charge on any atom is -0.344 e. The van der Waals surface area contributed by atoms with Crippen molar-refractivity contribution in [1.29, 1.82) is 0 Å². The van der Waals surface area contributed by atoms with Crippen molar-refractivity contribution in [3.8, 4) is 0 Å². The van der Waals surface area contributed by atoms with Crippen LogP contribution in [0.1, 0.15) is 77.0 Å². The van der Waals surface area contributed by atoms with Gasteiger partial charge in [-0.3, -0.25) is 4.79 Å². The number of hydrogen-bond acceptors (Lipinski definition) is 4. The van der Waals surface area contributed by atoms with E-state index in [0.717, 1.165) is 18.5 Å². The number of anilines is 1. The molecular weight excluding hydrogens is 366 g/mol. The van der Waals surface area contributed by atoms with Gasteiger partial charge in [-0.2, -0.15) is 0 Å². The predicted molar refractivity (Wildman–Crippen MR) is 119 cm³/mol. The molecule has 0 aromatic carbocycles. The highest BCUT2D eigenvalue weighted by molar-refractivity contribution is 6.75. The zero-order valence-electron chi connectivity index (χ0n) is 18.3. The summed E-state index contributed by atoms with van der Waals surface area (Å²) in [6.45, 7) is 10.8. The fourth-order valence-electron chi connectivity index (χ4n) is 3.38. The summed E-state index contributed by atoms with van der Waals surface area (Å²) in [6.07, 6.45) is 13.6. The van der Waals surface area contributed by atoms with E-state index in [2.05, 4.69) is 51.1 Å². The van der Waals surface area contributed by atoms with Crippen molar-refractivity contribution in [2.45, 2.75) is 97.7 Å². The SMILES string of the molecule is CCCCCCCCCCCC(=O)Nc1nc(C)nc2c1ncn2[Si](C)(C)C. The third-order valence-corrected chi connectivity index (χ3v) is 6.77. The molecule has 0 aliphatic heterocycles. The van der Waals surface area contributed by atoms with E-state index in [0.29, 0.717) is 23.6 Å². The van der Waals surface area contributed by atoms with Gasteiger partial charge in [0, 0.05) is 6.42 Å². The lowest BCUT2D eigenvalue weighted by Crippen LogP contribution is -2.31. The van der Waals surface area contributed by atoms with Gasteiger partial charge in [0.25, 0.3) is 0 Å². The van der Waals surface area contributed by atoms with Gasteiger partial charge in [0.2, 0.25) is 5.91 Å². The molecule has 0 fully saturated rings. The molecular formula is C21H37N5OSi. The zero-order valence-corrected chi connectivity index (χ0v) is 19.3. The third kappa shape index (κ3) is 6.69. The number of aromatic nitrogens is 4. The van der Waals surface area contributed by atoms with Gasteiger partial charge in [0.05, 0.1) is 6.33 Å². The number of fused-ring (bicyclic) bond motifs is 1. The molecule has 0 saturated heterocycles. The summed E-state index contributed by atoms with van der Waals surface area (Å²) in [4.78, 5) is 25.9. The Labute approximate surface area is 170 Å². The molecule has 0 radical (unpaired) electrons. The van der Waals surface area contributed by atoms with Crippen LogP contribution in [0.15, 0.2) is 6.33 Å². The molecule has 0 spiro atoms. The largest absolute Gasteiger partial charge is 0.344 e. The number of nitrogens with one attached hydrogen (secondary N) is 1. The number of imidazole rings is 1. The normalized spacial score (nSPS) is 11.9. The number of nitrogens with zero attached hydrogens (tertiary/aromatic N) is 4. The van der Waals surface area contributed by atoms with Gasteiger partial charge in [-0.1, -0.05) is 77.9 Å². The highest BCUT2D eigenvalue weighted by atomic mass is 28.3. The Bertz CT molecular complexity index is 766. The molecule has 2 aromatic rings. The molecule has 28 heavy (non-hydrogen) atoms. The fourth-order valence-corrected chi connectivity index (χ4v) is 4.57. The van der Waals surface area contributed by atoms with E-state index in [9.17, 15) is 4.79 Å². The molecule has 0 aliphatic carbocycles. The van der Waals surface area contributed by atoms with Gasteiger partial charge in [-0.15, -0.1) is 0 Å². The summed E-state index contributed by atoms with van der Waals surface area (Å²) in [5, 5.41) is 2.97. The molecule has 7 heteroatoms. The van der Waals surface area contributed by atoms with E-state index in [4.69, 9.17) is 0 Å². The fraction of sp³-hybridized carbons (Fsp3) is 0.714. The second-order valence-electron chi connectivity index (χ2n) is 8.70. The highest BCUT2D eigenvalue weighted by Gasteiger charge is 2.22. The number of rotatable bonds is 12. The Morgan fingerprint density at radius 2 is 1.61 bits per heavy atom. The number of unbranched alkanes of at least 4 members (excludes halogenated alkanes) is 8. The number of hydrogen-bond donors (Lipinski definition) is 1. The average Bonchev–Trinajstić information content (AvgIpc) is 3.04. The van der Waals surface area contributed by atoms with Crippen LogP contribution in [0.2, 0.25) is 19.6 Å². The summed E-state index contributed by atoms with van der Waals surface area (Å²) in [7, 11) is -1.63. The summed E-state index contributed by atoms with van der Waals surface area (Å²) in [5.74, 6) is 1.22. The monoisotopic (exact) mass is 403 g/mol. The predicted octanol–water partition coefficient (Wildman–Crippen LogP) is 5.68. The third-order valence-electron chi connectivity index (χ3n) is 5.00. The first-order chi connectivity index (χ1) is 13.3. The minimum atomic E-state index is -1.63. The second-order valence-corrected chi connectivity index (χ2v) is 13.5. The summed E-state index contributed by atoms with van der Waals surface area (Å²) >= 11 is 0. The van der Waals surface area contributed by atoms with Crippen molar-refractivity contribution in [2.75, 3.05) is 5.32 Å². The van der Waals surface area contributed by atoms with E-state index in [1.807, 2.05) is 13.3 Å². The summed E-state index contributed by atoms with van der Waals surface area (Å²) in [5.41, 5.74) is 1.51. The molecule has 2 rings (SSSR count). The van der Waals surface area contributed by atoms with Gasteiger partial charge >= 0.3 is 0 Å². The van der Waals surface area contributed by atoms with Crippen molar-refractivity contribution in [2.24, 2.45) is 0 Å². The van der Waals surface area contributed by atoms with Gasteiger partial charge in [-0.05, 0) is 13.3 Å². The van der Waals surface area contributed by atoms with Gasteiger partial charge in [-0.25, -0.2) is 15.0 Å². The van der Waals surface area contributed by atoms with E-state index in [1.54, 1.807) is 0 Å². The quantitative estimate of drug-likeness (QED) is 0.366. The standard InChI is InChI=1S/C21H37N5OSi/c1-6-7-8-9-10-11-12-13-14-15-18(27)25-20-19-21(24-17(2)23-20)26(16-22-19)28(3,4)5/h16H,6-15H2,1-5H3,(H,23,24,25,27). The van der Waals surface area contributed by atoms with Crippen LogP contribution in [0.5, 0.6) is 0 Å². The first-order valence-corrected chi connectivity index (χ1v) is 14.3. The first kappa shape index (κ1) is 22.5. The Morgan fingerprint density at radius 1 is 1.00 bits per heavy atom. The Kier molecular flexibility index (Phi) is 8.60. The van der Waals surface area contributed by atoms with Crippen LogP contribution in [0.25, 0.3) is 11.2 Å². The highest BCUT2D eigenvalue weighted by Crippen LogP contribution is 2.22. The lowest BCUT2D eigenvalue weighted by atomic mass is 10.1. The van der Waals surface area contributed by atoms with E-state index in [1.165, 1.54) is 44.9 Å². The molecule has 0 atom stereocenters. The van der Waals surface area contributed by atoms with Crippen LogP contribution in [0.3, 0.4) is 0 Å². The van der Waals surface area contributed by atoms with E-state index >= 15 is 0 Å². The first-order valence-electron chi connectivity index (χ1n) is 10.8. The van der Waals surface area contributed by atoms with Crippen LogP contribution in [0.4, 0.5) is 5.82 Å². The number of carbonyl (C=O) groups is 1. The number of carbonyl (C=O) groups excluding carboxylic acids is 1. The van der Waals surface area contributed by atoms with Crippen LogP contribution >= 0.6 is 0 Å². The van der Waals surface area contributed by atoms with Crippen molar-refractivity contribution in [3.63, 3.8) is 0 Å². The molecule has 1 N–H and O–H groups in total. The molecule has 1 amide bonds. The molecule has 0 aliphatic rings. The number of aryl methyl sites for hydroxylation is 1. The van der Waals surface area contributed by atoms with Crippen LogP contribution in [-0.4, -0.2) is 33.3 Å². The maximum Gasteiger partial charge on any atom is 0.225 e. The molecule has 2 heterocycles. The number of amides is 1. The zero-order chi connectivity index (χ0) is 20.6. The maximum absolute atomic E-state index is 12.4. The summed E-state index contributed by atoms with van der Waals surface area (Å²) in [6, 6.07) is 0. The van der Waals surface area contributed by atoms with Crippen molar-refractivity contribution in [3.05, 3.63) is 12.2 Å².